The third-order valence-corrected chi connectivity index (χ3v) is 5.49. The molecule has 0 aliphatic heterocycles. The molecule has 1 amide bonds. The van der Waals surface area contributed by atoms with Crippen molar-refractivity contribution in [3.63, 3.8) is 0 Å². The molecular formula is C18H24N2O3S2. The number of methoxy groups -OCH3 is 2. The number of aromatic nitrogens is 1. The van der Waals surface area contributed by atoms with Crippen LogP contribution in [0.4, 0.5) is 5.13 Å². The van der Waals surface area contributed by atoms with E-state index in [9.17, 15) is 4.79 Å². The average Bonchev–Trinajstić information content (AvgIpc) is 2.92. The average molecular weight is 381 g/mol. The maximum Gasteiger partial charge on any atom is 0.236 e. The summed E-state index contributed by atoms with van der Waals surface area (Å²) in [5.74, 6) is 1.70. The molecule has 0 aliphatic rings. The fraction of sp³-hybridized carbons (Fsp3) is 0.444. The predicted molar refractivity (Wildman–Crippen MR) is 106 cm³/mol. The molecule has 0 unspecified atom stereocenters. The first-order valence-electron chi connectivity index (χ1n) is 7.87. The van der Waals surface area contributed by atoms with Gasteiger partial charge in [0.05, 0.1) is 25.7 Å². The lowest BCUT2D eigenvalue weighted by molar-refractivity contribution is -0.113. The largest absolute Gasteiger partial charge is 0.493 e. The van der Waals surface area contributed by atoms with Crippen molar-refractivity contribution in [3.05, 3.63) is 23.1 Å². The molecule has 0 saturated heterocycles. The number of hydrogen-bond acceptors (Lipinski definition) is 6. The Balaban J connectivity index is 2.16. The van der Waals surface area contributed by atoms with Crippen LogP contribution in [0.15, 0.2) is 18.2 Å². The van der Waals surface area contributed by atoms with Crippen molar-refractivity contribution in [2.75, 3.05) is 25.3 Å². The number of nitrogens with zero attached hydrogens (tertiary/aromatic N) is 1. The van der Waals surface area contributed by atoms with Crippen LogP contribution in [-0.4, -0.2) is 35.6 Å². The van der Waals surface area contributed by atoms with E-state index in [0.717, 1.165) is 16.1 Å². The summed E-state index contributed by atoms with van der Waals surface area (Å²) in [5, 5.41) is 3.50. The van der Waals surface area contributed by atoms with Crippen LogP contribution < -0.4 is 14.8 Å². The lowest BCUT2D eigenvalue weighted by Gasteiger charge is -2.16. The molecule has 0 fully saturated rings. The SMILES string of the molecule is COc1ccc(-c2nc(NC(=O)CSC(C)(C)C)sc2C)cc1OC. The molecule has 1 aromatic heterocycles. The lowest BCUT2D eigenvalue weighted by Crippen LogP contribution is -2.18. The third-order valence-electron chi connectivity index (χ3n) is 3.34. The summed E-state index contributed by atoms with van der Waals surface area (Å²) in [6.45, 7) is 8.26. The highest BCUT2D eigenvalue weighted by Gasteiger charge is 2.16. The van der Waals surface area contributed by atoms with E-state index in [1.807, 2.05) is 25.1 Å². The van der Waals surface area contributed by atoms with Crippen molar-refractivity contribution < 1.29 is 14.3 Å². The van der Waals surface area contributed by atoms with E-state index >= 15 is 0 Å². The fourth-order valence-electron chi connectivity index (χ4n) is 2.14. The Morgan fingerprint density at radius 3 is 2.52 bits per heavy atom. The second kappa shape index (κ2) is 8.10. The summed E-state index contributed by atoms with van der Waals surface area (Å²) in [5.41, 5.74) is 1.76. The Morgan fingerprint density at radius 2 is 1.92 bits per heavy atom. The van der Waals surface area contributed by atoms with Crippen molar-refractivity contribution in [2.24, 2.45) is 0 Å². The minimum atomic E-state index is -0.0347. The van der Waals surface area contributed by atoms with Gasteiger partial charge in [-0.3, -0.25) is 4.79 Å². The number of thiazole rings is 1. The van der Waals surface area contributed by atoms with Crippen molar-refractivity contribution >= 4 is 34.1 Å². The molecule has 0 saturated carbocycles. The molecule has 25 heavy (non-hydrogen) atoms. The van der Waals surface area contributed by atoms with Crippen molar-refractivity contribution in [3.8, 4) is 22.8 Å². The van der Waals surface area contributed by atoms with E-state index < -0.39 is 0 Å². The monoisotopic (exact) mass is 380 g/mol. The smallest absolute Gasteiger partial charge is 0.236 e. The Hall–Kier alpha value is -1.73. The standard InChI is InChI=1S/C18H24N2O3S2/c1-11-16(12-7-8-13(22-5)14(9-12)23-6)20-17(25-11)19-15(21)10-24-18(2,3)4/h7-9H,10H2,1-6H3,(H,19,20,21). The van der Waals surface area contributed by atoms with Gasteiger partial charge in [-0.25, -0.2) is 4.98 Å². The van der Waals surface area contributed by atoms with Crippen molar-refractivity contribution in [1.82, 2.24) is 4.98 Å². The van der Waals surface area contributed by atoms with Crippen LogP contribution >= 0.6 is 23.1 Å². The van der Waals surface area contributed by atoms with Gasteiger partial charge in [0.1, 0.15) is 0 Å². The number of nitrogens with one attached hydrogen (secondary N) is 1. The lowest BCUT2D eigenvalue weighted by atomic mass is 10.1. The Labute approximate surface area is 157 Å². The Bertz CT molecular complexity index is 751. The van der Waals surface area contributed by atoms with Crippen molar-refractivity contribution in [2.45, 2.75) is 32.4 Å². The number of benzene rings is 1. The summed E-state index contributed by atoms with van der Waals surface area (Å²) < 4.78 is 10.7. The van der Waals surface area contributed by atoms with Crippen LogP contribution in [-0.2, 0) is 4.79 Å². The first-order valence-corrected chi connectivity index (χ1v) is 9.67. The zero-order valence-electron chi connectivity index (χ0n) is 15.4. The predicted octanol–water partition coefficient (Wildman–Crippen LogP) is 4.61. The second-order valence-corrected chi connectivity index (χ2v) is 9.45. The highest BCUT2D eigenvalue weighted by molar-refractivity contribution is 8.01. The molecular weight excluding hydrogens is 356 g/mol. The van der Waals surface area contributed by atoms with Crippen LogP contribution in [0.3, 0.4) is 0 Å². The number of anilines is 1. The van der Waals surface area contributed by atoms with Gasteiger partial charge in [0, 0.05) is 15.2 Å². The van der Waals surface area contributed by atoms with Gasteiger partial charge in [0.25, 0.3) is 0 Å². The maximum atomic E-state index is 12.1. The molecule has 1 aromatic carbocycles. The van der Waals surface area contributed by atoms with Gasteiger partial charge in [-0.05, 0) is 25.1 Å². The molecule has 136 valence electrons. The highest BCUT2D eigenvalue weighted by atomic mass is 32.2. The van der Waals surface area contributed by atoms with E-state index in [1.54, 1.807) is 26.0 Å². The van der Waals surface area contributed by atoms with Gasteiger partial charge in [0.15, 0.2) is 16.6 Å². The van der Waals surface area contributed by atoms with E-state index in [0.29, 0.717) is 22.4 Å². The van der Waals surface area contributed by atoms with Crippen molar-refractivity contribution in [1.29, 1.82) is 0 Å². The van der Waals surface area contributed by atoms with Gasteiger partial charge in [-0.2, -0.15) is 0 Å². The minimum absolute atomic E-state index is 0.0347. The molecule has 1 N–H and O–H groups in total. The number of aryl methyl sites for hydroxylation is 1. The number of hydrogen-bond donors (Lipinski definition) is 1. The first-order chi connectivity index (χ1) is 11.7. The van der Waals surface area contributed by atoms with Gasteiger partial charge < -0.3 is 14.8 Å². The number of ether oxygens (including phenoxy) is 2. The zero-order chi connectivity index (χ0) is 18.6. The molecule has 0 spiro atoms. The molecule has 2 aromatic rings. The topological polar surface area (TPSA) is 60.5 Å². The van der Waals surface area contributed by atoms with Crippen LogP contribution in [0.2, 0.25) is 0 Å². The summed E-state index contributed by atoms with van der Waals surface area (Å²) in [6.07, 6.45) is 0. The fourth-order valence-corrected chi connectivity index (χ4v) is 3.63. The van der Waals surface area contributed by atoms with E-state index in [-0.39, 0.29) is 10.7 Å². The number of carbonyl (C=O) groups is 1. The van der Waals surface area contributed by atoms with Crippen LogP contribution in [0.5, 0.6) is 11.5 Å². The second-order valence-electron chi connectivity index (χ2n) is 6.44. The van der Waals surface area contributed by atoms with E-state index in [2.05, 4.69) is 31.1 Å². The molecule has 1 heterocycles. The molecule has 7 heteroatoms. The van der Waals surface area contributed by atoms with Crippen LogP contribution in [0, 0.1) is 6.92 Å². The molecule has 2 rings (SSSR count). The normalized spacial score (nSPS) is 11.3. The number of thioether (sulfide) groups is 1. The van der Waals surface area contributed by atoms with Gasteiger partial charge in [-0.15, -0.1) is 23.1 Å². The molecule has 0 bridgehead atoms. The summed E-state index contributed by atoms with van der Waals surface area (Å²) >= 11 is 3.08. The number of rotatable bonds is 6. The summed E-state index contributed by atoms with van der Waals surface area (Å²) in [4.78, 5) is 17.7. The minimum Gasteiger partial charge on any atom is -0.493 e. The molecule has 5 nitrogen and oxygen atoms in total. The van der Waals surface area contributed by atoms with E-state index in [1.165, 1.54) is 11.3 Å². The summed E-state index contributed by atoms with van der Waals surface area (Å²) in [6, 6.07) is 5.68. The molecule has 0 atom stereocenters. The quantitative estimate of drug-likeness (QED) is 0.793. The maximum absolute atomic E-state index is 12.1. The summed E-state index contributed by atoms with van der Waals surface area (Å²) in [7, 11) is 3.21. The highest BCUT2D eigenvalue weighted by Crippen LogP contribution is 2.36. The van der Waals surface area contributed by atoms with Gasteiger partial charge in [0.2, 0.25) is 5.91 Å². The molecule has 0 aliphatic carbocycles. The zero-order valence-corrected chi connectivity index (χ0v) is 17.1. The first kappa shape index (κ1) is 19.6. The number of amides is 1. The van der Waals surface area contributed by atoms with Gasteiger partial charge >= 0.3 is 0 Å². The van der Waals surface area contributed by atoms with E-state index in [4.69, 9.17) is 9.47 Å². The third kappa shape index (κ3) is 5.37. The Kier molecular flexibility index (Phi) is 6.35. The number of carbonyl (C=O) groups excluding carboxylic acids is 1. The van der Waals surface area contributed by atoms with Gasteiger partial charge in [-0.1, -0.05) is 20.8 Å². The Morgan fingerprint density at radius 1 is 1.24 bits per heavy atom. The van der Waals surface area contributed by atoms with Crippen LogP contribution in [0.1, 0.15) is 25.6 Å². The van der Waals surface area contributed by atoms with Crippen LogP contribution in [0.25, 0.3) is 11.3 Å². The molecule has 0 radical (unpaired) electrons.